The third-order valence-corrected chi connectivity index (χ3v) is 5.92. The van der Waals surface area contributed by atoms with Crippen LogP contribution in [0.3, 0.4) is 0 Å². The van der Waals surface area contributed by atoms with Gasteiger partial charge in [-0.05, 0) is 0 Å². The lowest BCUT2D eigenvalue weighted by Crippen LogP contribution is -2.22. The molecule has 0 saturated carbocycles. The highest BCUT2D eigenvalue weighted by molar-refractivity contribution is 6.54. The van der Waals surface area contributed by atoms with E-state index in [1.807, 2.05) is 72.8 Å². The highest BCUT2D eigenvalue weighted by atomic mass is 14.9. The molecule has 0 radical (unpaired) electrons. The fraction of sp³-hybridized carbons (Fsp3) is 0.125. The first-order valence-electron chi connectivity index (χ1n) is 12.3. The van der Waals surface area contributed by atoms with E-state index in [9.17, 15) is 0 Å². The first-order valence-corrected chi connectivity index (χ1v) is 12.3. The predicted octanol–water partition coefficient (Wildman–Crippen LogP) is 5.96. The van der Waals surface area contributed by atoms with Gasteiger partial charge in [0.1, 0.15) is 0 Å². The zero-order chi connectivity index (χ0) is 24.4. The topological polar surface area (TPSA) is 49.4 Å². The lowest BCUT2D eigenvalue weighted by atomic mass is 9.99. The summed E-state index contributed by atoms with van der Waals surface area (Å²) in [4.78, 5) is 20.2. The van der Waals surface area contributed by atoms with Crippen LogP contribution in [0.1, 0.15) is 22.3 Å². The molecule has 0 amide bonds. The summed E-state index contributed by atoms with van der Waals surface area (Å²) in [5.41, 5.74) is 7.79. The molecule has 0 aliphatic carbocycles. The third kappa shape index (κ3) is 5.61. The maximum atomic E-state index is 5.05. The molecule has 1 aliphatic heterocycles. The van der Waals surface area contributed by atoms with Gasteiger partial charge in [-0.15, -0.1) is 0 Å². The van der Waals surface area contributed by atoms with Crippen molar-refractivity contribution in [1.29, 1.82) is 0 Å². The molecule has 0 fully saturated rings. The van der Waals surface area contributed by atoms with E-state index in [1.165, 1.54) is 0 Å². The van der Waals surface area contributed by atoms with Gasteiger partial charge in [0.15, 0.2) is 0 Å². The van der Waals surface area contributed by atoms with Crippen LogP contribution in [0.2, 0.25) is 0 Å². The summed E-state index contributed by atoms with van der Waals surface area (Å²) in [5.74, 6) is 0. The Balaban J connectivity index is 1.60. The summed E-state index contributed by atoms with van der Waals surface area (Å²) >= 11 is 0. The van der Waals surface area contributed by atoms with Crippen molar-refractivity contribution in [3.8, 4) is 0 Å². The average molecular weight is 469 g/mol. The molecule has 0 atom stereocenters. The molecular weight excluding hydrogens is 440 g/mol. The molecule has 5 rings (SSSR count). The lowest BCUT2D eigenvalue weighted by molar-refractivity contribution is 0.964. The molecule has 0 bridgehead atoms. The van der Waals surface area contributed by atoms with E-state index in [0.717, 1.165) is 45.1 Å². The average Bonchev–Trinajstić information content (AvgIpc) is 2.95. The second-order valence-corrected chi connectivity index (χ2v) is 8.39. The maximum absolute atomic E-state index is 5.05. The summed E-state index contributed by atoms with van der Waals surface area (Å²) < 4.78 is 0. The third-order valence-electron chi connectivity index (χ3n) is 5.92. The van der Waals surface area contributed by atoms with Crippen LogP contribution >= 0.6 is 0 Å². The summed E-state index contributed by atoms with van der Waals surface area (Å²) in [6, 6.07) is 41.1. The van der Waals surface area contributed by atoms with Gasteiger partial charge in [0.05, 0.1) is 49.0 Å². The Kier molecular flexibility index (Phi) is 7.64. The van der Waals surface area contributed by atoms with Crippen molar-refractivity contribution in [1.82, 2.24) is 0 Å². The van der Waals surface area contributed by atoms with Gasteiger partial charge in [0, 0.05) is 22.3 Å². The van der Waals surface area contributed by atoms with Crippen LogP contribution in [-0.4, -0.2) is 49.0 Å². The predicted molar refractivity (Wildman–Crippen MR) is 151 cm³/mol. The van der Waals surface area contributed by atoms with Crippen molar-refractivity contribution >= 4 is 22.8 Å². The van der Waals surface area contributed by atoms with Gasteiger partial charge < -0.3 is 0 Å². The van der Waals surface area contributed by atoms with Crippen LogP contribution in [0.15, 0.2) is 141 Å². The standard InChI is InChI=1S/C32H28N4/c1-5-13-25(14-6-1)29-30(26-15-7-2-8-16-26)34-23-24-36-32(28-19-11-4-12-20-28)31(35-22-21-33-29)27-17-9-3-10-18-27/h1-20H,21-24H2. The second-order valence-electron chi connectivity index (χ2n) is 8.39. The van der Waals surface area contributed by atoms with Crippen LogP contribution in [-0.2, 0) is 0 Å². The first kappa shape index (κ1) is 23.3. The van der Waals surface area contributed by atoms with Gasteiger partial charge in [0.2, 0.25) is 0 Å². The number of hydrogen-bond donors (Lipinski definition) is 0. The number of benzene rings is 4. The number of aliphatic imine (C=N–C) groups is 4. The zero-order valence-electron chi connectivity index (χ0n) is 20.2. The highest BCUT2D eigenvalue weighted by Gasteiger charge is 2.16. The Morgan fingerprint density at radius 2 is 0.472 bits per heavy atom. The monoisotopic (exact) mass is 468 g/mol. The second kappa shape index (κ2) is 11.8. The van der Waals surface area contributed by atoms with Crippen molar-refractivity contribution in [3.63, 3.8) is 0 Å². The lowest BCUT2D eigenvalue weighted by Gasteiger charge is -2.14. The minimum absolute atomic E-state index is 0.550. The summed E-state index contributed by atoms with van der Waals surface area (Å²) in [7, 11) is 0. The minimum atomic E-state index is 0.550. The highest BCUT2D eigenvalue weighted by Crippen LogP contribution is 2.14. The Morgan fingerprint density at radius 1 is 0.278 bits per heavy atom. The van der Waals surface area contributed by atoms with E-state index in [1.54, 1.807) is 0 Å². The molecule has 176 valence electrons. The van der Waals surface area contributed by atoms with Gasteiger partial charge in [0.25, 0.3) is 0 Å². The van der Waals surface area contributed by atoms with Crippen molar-refractivity contribution in [3.05, 3.63) is 144 Å². The molecule has 0 N–H and O–H groups in total. The fourth-order valence-corrected chi connectivity index (χ4v) is 4.24. The van der Waals surface area contributed by atoms with Crippen molar-refractivity contribution in [2.24, 2.45) is 20.0 Å². The van der Waals surface area contributed by atoms with Crippen LogP contribution in [0.5, 0.6) is 0 Å². The molecule has 1 heterocycles. The van der Waals surface area contributed by atoms with Gasteiger partial charge in [-0.1, -0.05) is 121 Å². The SMILES string of the molecule is c1ccc(C2=NCCN=C(c3ccccc3)C(c3ccccc3)=NCCN=C2c2ccccc2)cc1. The van der Waals surface area contributed by atoms with E-state index in [2.05, 4.69) is 48.5 Å². The maximum Gasteiger partial charge on any atom is 0.0905 e. The quantitative estimate of drug-likeness (QED) is 0.355. The molecule has 4 nitrogen and oxygen atoms in total. The van der Waals surface area contributed by atoms with Crippen LogP contribution in [0, 0.1) is 0 Å². The van der Waals surface area contributed by atoms with Crippen molar-refractivity contribution in [2.45, 2.75) is 0 Å². The molecule has 0 saturated heterocycles. The van der Waals surface area contributed by atoms with Crippen molar-refractivity contribution < 1.29 is 0 Å². The van der Waals surface area contributed by atoms with Gasteiger partial charge in [-0.25, -0.2) is 0 Å². The molecule has 4 aromatic rings. The van der Waals surface area contributed by atoms with E-state index in [-0.39, 0.29) is 0 Å². The Labute approximate surface area is 212 Å². The van der Waals surface area contributed by atoms with Crippen LogP contribution < -0.4 is 0 Å². The van der Waals surface area contributed by atoms with Gasteiger partial charge >= 0.3 is 0 Å². The molecule has 0 unspecified atom stereocenters. The fourth-order valence-electron chi connectivity index (χ4n) is 4.24. The number of nitrogens with zero attached hydrogens (tertiary/aromatic N) is 4. The Hall–Kier alpha value is -4.44. The van der Waals surface area contributed by atoms with E-state index in [4.69, 9.17) is 20.0 Å². The summed E-state index contributed by atoms with van der Waals surface area (Å²) in [6.07, 6.45) is 0. The Morgan fingerprint density at radius 3 is 0.667 bits per heavy atom. The normalized spacial score (nSPS) is 14.9. The summed E-state index contributed by atoms with van der Waals surface area (Å²) in [6.45, 7) is 2.20. The zero-order valence-corrected chi connectivity index (χ0v) is 20.2. The Bertz CT molecular complexity index is 1170. The molecule has 0 spiro atoms. The number of hydrogen-bond acceptors (Lipinski definition) is 4. The summed E-state index contributed by atoms with van der Waals surface area (Å²) in [5, 5.41) is 0. The molecule has 0 aromatic heterocycles. The van der Waals surface area contributed by atoms with Crippen molar-refractivity contribution in [2.75, 3.05) is 26.2 Å². The minimum Gasteiger partial charge on any atom is -0.281 e. The van der Waals surface area contributed by atoms with E-state index in [0.29, 0.717) is 26.2 Å². The first-order chi connectivity index (χ1) is 17.9. The molecular formula is C32H28N4. The van der Waals surface area contributed by atoms with Crippen LogP contribution in [0.4, 0.5) is 0 Å². The number of rotatable bonds is 4. The molecule has 4 aromatic carbocycles. The smallest absolute Gasteiger partial charge is 0.0905 e. The van der Waals surface area contributed by atoms with Gasteiger partial charge in [-0.3, -0.25) is 20.0 Å². The molecule has 1 aliphatic rings. The van der Waals surface area contributed by atoms with Crippen LogP contribution in [0.25, 0.3) is 0 Å². The van der Waals surface area contributed by atoms with E-state index < -0.39 is 0 Å². The molecule has 36 heavy (non-hydrogen) atoms. The van der Waals surface area contributed by atoms with Gasteiger partial charge in [-0.2, -0.15) is 0 Å². The molecule has 4 heteroatoms. The van der Waals surface area contributed by atoms with E-state index >= 15 is 0 Å². The largest absolute Gasteiger partial charge is 0.281 e.